The lowest BCUT2D eigenvalue weighted by Crippen LogP contribution is -2.24. The molecule has 0 atom stereocenters. The Morgan fingerprint density at radius 3 is 2.52 bits per heavy atom. The molecule has 1 aromatic carbocycles. The van der Waals surface area contributed by atoms with E-state index in [0.717, 1.165) is 5.56 Å². The molecule has 0 spiro atoms. The van der Waals surface area contributed by atoms with E-state index >= 15 is 0 Å². The van der Waals surface area contributed by atoms with Gasteiger partial charge in [0.25, 0.3) is 5.91 Å². The smallest absolute Gasteiger partial charge is 0.340 e. The van der Waals surface area contributed by atoms with Crippen LogP contribution in [0.1, 0.15) is 12.5 Å². The van der Waals surface area contributed by atoms with Crippen LogP contribution in [0, 0.1) is 0 Å². The average Bonchev–Trinajstić information content (AvgIpc) is 2.86. The number of benzene rings is 1. The topological polar surface area (TPSA) is 59.5 Å². The molecule has 0 fully saturated rings. The Balaban J connectivity index is 2.17. The van der Waals surface area contributed by atoms with Gasteiger partial charge >= 0.3 is 5.97 Å². The molecule has 0 unspecified atom stereocenters. The van der Waals surface area contributed by atoms with Gasteiger partial charge in [-0.05, 0) is 42.8 Å². The summed E-state index contributed by atoms with van der Waals surface area (Å²) in [5, 5.41) is 0.421. The quantitative estimate of drug-likeness (QED) is 0.624. The third-order valence-electron chi connectivity index (χ3n) is 3.90. The maximum absolute atomic E-state index is 13.0. The van der Waals surface area contributed by atoms with Gasteiger partial charge in [-0.2, -0.15) is 0 Å². The van der Waals surface area contributed by atoms with Crippen LogP contribution in [0.5, 0.6) is 0 Å². The highest BCUT2D eigenvalue weighted by molar-refractivity contribution is 6.35. The fourth-order valence-corrected chi connectivity index (χ4v) is 2.95. The van der Waals surface area contributed by atoms with Crippen molar-refractivity contribution < 1.29 is 14.3 Å². The molecule has 0 aliphatic carbocycles. The lowest BCUT2D eigenvalue weighted by atomic mass is 10.0. The number of carbonyl (C=O) groups is 2. The van der Waals surface area contributed by atoms with Crippen LogP contribution in [0.25, 0.3) is 6.08 Å². The first-order valence-electron chi connectivity index (χ1n) is 7.55. The van der Waals surface area contributed by atoms with Gasteiger partial charge in [-0.25, -0.2) is 4.79 Å². The molecule has 126 valence electrons. The van der Waals surface area contributed by atoms with Gasteiger partial charge in [0.2, 0.25) is 0 Å². The van der Waals surface area contributed by atoms with Crippen molar-refractivity contribution in [2.45, 2.75) is 6.92 Å². The van der Waals surface area contributed by atoms with Crippen molar-refractivity contribution in [2.24, 2.45) is 0 Å². The summed E-state index contributed by atoms with van der Waals surface area (Å²) in [6.45, 7) is 1.70. The highest BCUT2D eigenvalue weighted by Gasteiger charge is 2.38. The van der Waals surface area contributed by atoms with Gasteiger partial charge in [0, 0.05) is 18.1 Å². The summed E-state index contributed by atoms with van der Waals surface area (Å²) >= 11 is 6.24. The second kappa shape index (κ2) is 6.91. The molecule has 2 aromatic rings. The summed E-state index contributed by atoms with van der Waals surface area (Å²) in [6.07, 6.45) is 4.88. The number of allylic oxidation sites excluding steroid dienone is 1. The van der Waals surface area contributed by atoms with Gasteiger partial charge < -0.3 is 4.74 Å². The van der Waals surface area contributed by atoms with Crippen LogP contribution in [0.2, 0.25) is 5.02 Å². The van der Waals surface area contributed by atoms with Crippen molar-refractivity contribution in [1.82, 2.24) is 4.98 Å². The Kier molecular flexibility index (Phi) is 4.67. The van der Waals surface area contributed by atoms with Crippen LogP contribution < -0.4 is 4.90 Å². The summed E-state index contributed by atoms with van der Waals surface area (Å²) in [5.74, 6) is -0.900. The Bertz CT molecular complexity index is 904. The molecule has 1 amide bonds. The maximum Gasteiger partial charge on any atom is 0.340 e. The first-order chi connectivity index (χ1) is 12.0. The van der Waals surface area contributed by atoms with Crippen molar-refractivity contribution in [3.8, 4) is 0 Å². The minimum Gasteiger partial charge on any atom is -0.465 e. The van der Waals surface area contributed by atoms with E-state index in [9.17, 15) is 9.59 Å². The van der Waals surface area contributed by atoms with E-state index in [1.54, 1.807) is 61.8 Å². The van der Waals surface area contributed by atoms with Crippen LogP contribution in [-0.4, -0.2) is 24.0 Å². The minimum atomic E-state index is -0.569. The number of halogens is 1. The number of nitrogens with zero attached hydrogens (tertiary/aromatic N) is 2. The molecule has 1 aliphatic heterocycles. The average molecular weight is 355 g/mol. The summed E-state index contributed by atoms with van der Waals surface area (Å²) in [4.78, 5) is 30.7. The molecule has 3 rings (SSSR count). The van der Waals surface area contributed by atoms with Crippen LogP contribution >= 0.6 is 11.6 Å². The number of anilines is 1. The van der Waals surface area contributed by atoms with Crippen LogP contribution in [-0.2, 0) is 14.3 Å². The number of aromatic nitrogens is 1. The predicted molar refractivity (Wildman–Crippen MR) is 95.9 cm³/mol. The normalized spacial score (nSPS) is 15.9. The number of ether oxygens (including phenoxy) is 1. The second-order valence-corrected chi connectivity index (χ2v) is 5.79. The number of rotatable bonds is 3. The zero-order valence-corrected chi connectivity index (χ0v) is 14.4. The van der Waals surface area contributed by atoms with E-state index in [-0.39, 0.29) is 17.1 Å². The SMILES string of the molecule is COC(=O)C1=C(C)N(c2ccccc2Cl)C(=O)/C1=C\c1ccncc1. The van der Waals surface area contributed by atoms with E-state index in [4.69, 9.17) is 16.3 Å². The summed E-state index contributed by atoms with van der Waals surface area (Å²) < 4.78 is 4.87. The van der Waals surface area contributed by atoms with Gasteiger partial charge in [-0.1, -0.05) is 23.7 Å². The first kappa shape index (κ1) is 16.9. The fourth-order valence-electron chi connectivity index (χ4n) is 2.73. The summed E-state index contributed by atoms with van der Waals surface area (Å²) in [6, 6.07) is 10.5. The van der Waals surface area contributed by atoms with Crippen molar-refractivity contribution in [3.63, 3.8) is 0 Å². The highest BCUT2D eigenvalue weighted by Crippen LogP contribution is 2.38. The zero-order valence-electron chi connectivity index (χ0n) is 13.7. The van der Waals surface area contributed by atoms with Gasteiger partial charge in [-0.15, -0.1) is 0 Å². The van der Waals surface area contributed by atoms with Crippen molar-refractivity contribution in [3.05, 3.63) is 76.2 Å². The van der Waals surface area contributed by atoms with E-state index in [1.165, 1.54) is 12.0 Å². The molecule has 0 saturated heterocycles. The van der Waals surface area contributed by atoms with Gasteiger partial charge in [0.15, 0.2) is 0 Å². The van der Waals surface area contributed by atoms with E-state index in [0.29, 0.717) is 16.4 Å². The molecule has 25 heavy (non-hydrogen) atoms. The van der Waals surface area contributed by atoms with Crippen molar-refractivity contribution in [1.29, 1.82) is 0 Å². The molecule has 2 heterocycles. The van der Waals surface area contributed by atoms with E-state index in [2.05, 4.69) is 4.98 Å². The predicted octanol–water partition coefficient (Wildman–Crippen LogP) is 3.61. The largest absolute Gasteiger partial charge is 0.465 e. The second-order valence-electron chi connectivity index (χ2n) is 5.38. The number of methoxy groups -OCH3 is 1. The van der Waals surface area contributed by atoms with Crippen LogP contribution in [0.3, 0.4) is 0 Å². The molecule has 0 saturated carbocycles. The molecule has 0 N–H and O–H groups in total. The monoisotopic (exact) mass is 354 g/mol. The molecule has 0 bridgehead atoms. The molecule has 1 aliphatic rings. The van der Waals surface area contributed by atoms with Crippen molar-refractivity contribution in [2.75, 3.05) is 12.0 Å². The molecule has 1 aromatic heterocycles. The number of amides is 1. The number of carbonyl (C=O) groups excluding carboxylic acids is 2. The molecule has 0 radical (unpaired) electrons. The van der Waals surface area contributed by atoms with Crippen molar-refractivity contribution >= 4 is 35.2 Å². The van der Waals surface area contributed by atoms with Gasteiger partial charge in [-0.3, -0.25) is 14.7 Å². The van der Waals surface area contributed by atoms with E-state index < -0.39 is 5.97 Å². The van der Waals surface area contributed by atoms with E-state index in [1.807, 2.05) is 0 Å². The third-order valence-corrected chi connectivity index (χ3v) is 4.22. The summed E-state index contributed by atoms with van der Waals surface area (Å²) in [7, 11) is 1.29. The molecule has 6 heteroatoms. The number of esters is 1. The molecule has 5 nitrogen and oxygen atoms in total. The summed E-state index contributed by atoms with van der Waals surface area (Å²) in [5.41, 5.74) is 2.24. The standard InChI is InChI=1S/C19H15ClN2O3/c1-12-17(19(24)25-2)14(11-13-7-9-21-10-8-13)18(23)22(12)16-6-4-3-5-15(16)20/h3-11H,1-2H3/b14-11-. The zero-order chi connectivity index (χ0) is 18.0. The minimum absolute atomic E-state index is 0.226. The lowest BCUT2D eigenvalue weighted by Gasteiger charge is -2.19. The Labute approximate surface area is 150 Å². The Morgan fingerprint density at radius 2 is 1.88 bits per heavy atom. The Morgan fingerprint density at radius 1 is 1.20 bits per heavy atom. The molecular formula is C19H15ClN2O3. The fraction of sp³-hybridized carbons (Fsp3) is 0.105. The number of pyridine rings is 1. The first-order valence-corrected chi connectivity index (χ1v) is 7.92. The Hall–Kier alpha value is -2.92. The van der Waals surface area contributed by atoms with Gasteiger partial charge in [0.1, 0.15) is 0 Å². The van der Waals surface area contributed by atoms with Crippen LogP contribution in [0.15, 0.2) is 65.6 Å². The highest BCUT2D eigenvalue weighted by atomic mass is 35.5. The molecular weight excluding hydrogens is 340 g/mol. The van der Waals surface area contributed by atoms with Gasteiger partial charge in [0.05, 0.1) is 29.0 Å². The van der Waals surface area contributed by atoms with Crippen LogP contribution in [0.4, 0.5) is 5.69 Å². The maximum atomic E-state index is 13.0. The third kappa shape index (κ3) is 3.06. The number of hydrogen-bond acceptors (Lipinski definition) is 4. The number of hydrogen-bond donors (Lipinski definition) is 0. The lowest BCUT2D eigenvalue weighted by molar-refractivity contribution is -0.136. The number of para-hydroxylation sites is 1.